The highest BCUT2D eigenvalue weighted by Gasteiger charge is 2.13. The molecule has 1 rings (SSSR count). The molecule has 0 saturated carbocycles. The molecule has 0 aliphatic carbocycles. The van der Waals surface area contributed by atoms with Crippen molar-refractivity contribution in [3.05, 3.63) is 35.5 Å². The van der Waals surface area contributed by atoms with E-state index in [-0.39, 0.29) is 0 Å². The molecule has 0 unspecified atom stereocenters. The quantitative estimate of drug-likeness (QED) is 0.406. The van der Waals surface area contributed by atoms with E-state index in [9.17, 15) is 0 Å². The van der Waals surface area contributed by atoms with Crippen molar-refractivity contribution < 1.29 is 18.9 Å². The van der Waals surface area contributed by atoms with E-state index in [1.54, 1.807) is 20.4 Å². The molecule has 0 spiro atoms. The van der Waals surface area contributed by atoms with E-state index in [4.69, 9.17) is 30.5 Å². The third kappa shape index (κ3) is 7.90. The monoisotopic (exact) mass is 369 g/mol. The Morgan fingerprint density at radius 3 is 2.20 bits per heavy atom. The number of methoxy groups -OCH3 is 2. The Morgan fingerprint density at radius 2 is 1.64 bits per heavy atom. The van der Waals surface area contributed by atoms with Gasteiger partial charge in [-0.3, -0.25) is 0 Å². The fraction of sp³-hybridized carbons (Fsp3) is 0.526. The third-order valence-electron chi connectivity index (χ3n) is 3.35. The van der Waals surface area contributed by atoms with Crippen molar-refractivity contribution in [2.24, 2.45) is 4.99 Å². The summed E-state index contributed by atoms with van der Waals surface area (Å²) in [5, 5.41) is 0.421. The van der Waals surface area contributed by atoms with Gasteiger partial charge in [0, 0.05) is 26.0 Å². The molecule has 25 heavy (non-hydrogen) atoms. The van der Waals surface area contributed by atoms with Gasteiger partial charge < -0.3 is 18.9 Å². The second kappa shape index (κ2) is 12.8. The van der Waals surface area contributed by atoms with E-state index in [1.807, 2.05) is 25.1 Å². The van der Waals surface area contributed by atoms with E-state index in [0.29, 0.717) is 43.1 Å². The minimum atomic E-state index is 0.421. The summed E-state index contributed by atoms with van der Waals surface area (Å²) in [6.45, 7) is 5.93. The average molecular weight is 370 g/mol. The summed E-state index contributed by atoms with van der Waals surface area (Å²) < 4.78 is 21.6. The predicted molar refractivity (Wildman–Crippen MR) is 102 cm³/mol. The second-order valence-corrected chi connectivity index (χ2v) is 5.75. The molecular weight excluding hydrogens is 342 g/mol. The van der Waals surface area contributed by atoms with Crippen LogP contribution in [-0.4, -0.2) is 45.8 Å². The largest absolute Gasteiger partial charge is 0.487 e. The smallest absolute Gasteiger partial charge is 0.162 e. The van der Waals surface area contributed by atoms with Gasteiger partial charge in [0.05, 0.1) is 13.2 Å². The van der Waals surface area contributed by atoms with E-state index in [2.05, 4.69) is 11.9 Å². The lowest BCUT2D eigenvalue weighted by atomic mass is 10.1. The topological polar surface area (TPSA) is 49.3 Å². The van der Waals surface area contributed by atoms with E-state index in [1.165, 1.54) is 0 Å². The van der Waals surface area contributed by atoms with Gasteiger partial charge >= 0.3 is 0 Å². The Bertz CT molecular complexity index is 573. The second-order valence-electron chi connectivity index (χ2n) is 5.39. The first-order valence-corrected chi connectivity index (χ1v) is 8.78. The Kier molecular flexibility index (Phi) is 11.0. The molecule has 0 heterocycles. The Hall–Kier alpha value is -1.56. The van der Waals surface area contributed by atoms with Gasteiger partial charge in [0.1, 0.15) is 18.4 Å². The van der Waals surface area contributed by atoms with Gasteiger partial charge in [-0.15, -0.1) is 0 Å². The van der Waals surface area contributed by atoms with Crippen molar-refractivity contribution in [1.29, 1.82) is 0 Å². The van der Waals surface area contributed by atoms with E-state index >= 15 is 0 Å². The number of halogens is 1. The van der Waals surface area contributed by atoms with Crippen LogP contribution in [0.15, 0.2) is 29.4 Å². The first-order valence-electron chi connectivity index (χ1n) is 8.40. The fourth-order valence-corrected chi connectivity index (χ4v) is 2.27. The molecular formula is C19H28ClNO4. The summed E-state index contributed by atoms with van der Waals surface area (Å²) >= 11 is 6.36. The highest BCUT2D eigenvalue weighted by atomic mass is 35.5. The zero-order valence-corrected chi connectivity index (χ0v) is 16.3. The minimum absolute atomic E-state index is 0.421. The number of hydrogen-bond acceptors (Lipinski definition) is 5. The van der Waals surface area contributed by atoms with Gasteiger partial charge in [0.15, 0.2) is 11.5 Å². The maximum absolute atomic E-state index is 6.36. The molecule has 0 aromatic heterocycles. The van der Waals surface area contributed by atoms with Gasteiger partial charge in [0.2, 0.25) is 0 Å². The SMILES string of the molecule is CCC/C=C/N=C(Cl)c1cc(OCCOC)c(OCCOC)cc1C. The molecule has 0 aliphatic rings. The highest BCUT2D eigenvalue weighted by Crippen LogP contribution is 2.32. The van der Waals surface area contributed by atoms with Gasteiger partial charge in [-0.25, -0.2) is 4.99 Å². The maximum Gasteiger partial charge on any atom is 0.162 e. The lowest BCUT2D eigenvalue weighted by molar-refractivity contribution is 0.132. The summed E-state index contributed by atoms with van der Waals surface area (Å²) in [6, 6.07) is 3.76. The Labute approximate surface area is 155 Å². The highest BCUT2D eigenvalue weighted by molar-refractivity contribution is 6.69. The molecule has 140 valence electrons. The number of aryl methyl sites for hydroxylation is 1. The minimum Gasteiger partial charge on any atom is -0.487 e. The van der Waals surface area contributed by atoms with Crippen LogP contribution < -0.4 is 9.47 Å². The number of ether oxygens (including phenoxy) is 4. The normalized spacial score (nSPS) is 12.0. The van der Waals surface area contributed by atoms with Crippen LogP contribution >= 0.6 is 11.6 Å². The zero-order valence-electron chi connectivity index (χ0n) is 15.5. The third-order valence-corrected chi connectivity index (χ3v) is 3.65. The van der Waals surface area contributed by atoms with Crippen molar-refractivity contribution in [3.8, 4) is 11.5 Å². The fourth-order valence-electron chi connectivity index (χ4n) is 2.01. The molecule has 1 aromatic carbocycles. The molecule has 0 aliphatic heterocycles. The molecule has 0 radical (unpaired) electrons. The lowest BCUT2D eigenvalue weighted by Gasteiger charge is -2.15. The molecule has 0 fully saturated rings. The van der Waals surface area contributed by atoms with Crippen molar-refractivity contribution >= 4 is 16.8 Å². The summed E-state index contributed by atoms with van der Waals surface area (Å²) in [6.07, 6.45) is 5.79. The number of unbranched alkanes of at least 4 members (excludes halogenated alkanes) is 1. The van der Waals surface area contributed by atoms with Gasteiger partial charge in [-0.2, -0.15) is 0 Å². The predicted octanol–water partition coefficient (Wildman–Crippen LogP) is 4.34. The molecule has 0 N–H and O–H groups in total. The molecule has 0 saturated heterocycles. The van der Waals surface area contributed by atoms with Crippen LogP contribution in [0.1, 0.15) is 30.9 Å². The number of benzene rings is 1. The number of nitrogens with zero attached hydrogens (tertiary/aromatic N) is 1. The summed E-state index contributed by atoms with van der Waals surface area (Å²) in [5.74, 6) is 1.26. The molecule has 0 atom stereocenters. The van der Waals surface area contributed by atoms with Gasteiger partial charge in [-0.05, 0) is 31.0 Å². The number of allylic oxidation sites excluding steroid dienone is 1. The van der Waals surface area contributed by atoms with Crippen molar-refractivity contribution in [2.75, 3.05) is 40.6 Å². The molecule has 0 amide bonds. The Balaban J connectivity index is 3.02. The van der Waals surface area contributed by atoms with Crippen LogP contribution in [-0.2, 0) is 9.47 Å². The summed E-state index contributed by atoms with van der Waals surface area (Å²) in [5.41, 5.74) is 1.78. The zero-order chi connectivity index (χ0) is 18.5. The van der Waals surface area contributed by atoms with Crippen LogP contribution in [0.5, 0.6) is 11.5 Å². The molecule has 5 nitrogen and oxygen atoms in total. The van der Waals surface area contributed by atoms with Crippen LogP contribution in [0.3, 0.4) is 0 Å². The molecule has 0 bridgehead atoms. The van der Waals surface area contributed by atoms with Crippen LogP contribution in [0.2, 0.25) is 0 Å². The molecule has 1 aromatic rings. The van der Waals surface area contributed by atoms with Crippen molar-refractivity contribution in [1.82, 2.24) is 0 Å². The van der Waals surface area contributed by atoms with E-state index < -0.39 is 0 Å². The number of hydrogen-bond donors (Lipinski definition) is 0. The van der Waals surface area contributed by atoms with Crippen molar-refractivity contribution in [3.63, 3.8) is 0 Å². The van der Waals surface area contributed by atoms with Crippen LogP contribution in [0.4, 0.5) is 0 Å². The molecule has 6 heteroatoms. The first kappa shape index (κ1) is 21.5. The van der Waals surface area contributed by atoms with Gasteiger partial charge in [-0.1, -0.05) is 31.0 Å². The van der Waals surface area contributed by atoms with Crippen LogP contribution in [0.25, 0.3) is 0 Å². The number of aliphatic imine (C=N–C) groups is 1. The van der Waals surface area contributed by atoms with Crippen molar-refractivity contribution in [2.45, 2.75) is 26.7 Å². The van der Waals surface area contributed by atoms with E-state index in [0.717, 1.165) is 24.0 Å². The maximum atomic E-state index is 6.36. The standard InChI is InChI=1S/C19H28ClNO4/c1-5-6-7-8-21-19(20)16-14-18(25-12-10-23-4)17(13-15(16)2)24-11-9-22-3/h7-8,13-14H,5-6,9-12H2,1-4H3/b8-7+,21-19?. The first-order chi connectivity index (χ1) is 12.1. The summed E-state index contributed by atoms with van der Waals surface area (Å²) in [4.78, 5) is 4.30. The lowest BCUT2D eigenvalue weighted by Crippen LogP contribution is -2.10. The summed E-state index contributed by atoms with van der Waals surface area (Å²) in [7, 11) is 3.27. The average Bonchev–Trinajstić information content (AvgIpc) is 2.60. The van der Waals surface area contributed by atoms with Crippen LogP contribution in [0, 0.1) is 6.92 Å². The number of rotatable bonds is 12. The van der Waals surface area contributed by atoms with Gasteiger partial charge in [0.25, 0.3) is 0 Å². The Morgan fingerprint density at radius 1 is 1.04 bits per heavy atom.